The number of ether oxygens (including phenoxy) is 2. The SMILES string of the molecule is CCOC(=O)c1nc(CCl)c(OC(F)(F)F)cc1I. The van der Waals surface area contributed by atoms with Crippen LogP contribution in [0.15, 0.2) is 6.07 Å². The van der Waals surface area contributed by atoms with Crippen LogP contribution in [0.1, 0.15) is 23.1 Å². The number of alkyl halides is 4. The van der Waals surface area contributed by atoms with E-state index in [0.717, 1.165) is 6.07 Å². The van der Waals surface area contributed by atoms with Crippen molar-refractivity contribution in [2.24, 2.45) is 0 Å². The third-order valence-corrected chi connectivity index (χ3v) is 2.91. The molecule has 4 nitrogen and oxygen atoms in total. The molecular formula is C10H8ClF3INO3. The van der Waals surface area contributed by atoms with Gasteiger partial charge in [-0.05, 0) is 35.6 Å². The Morgan fingerprint density at radius 1 is 1.53 bits per heavy atom. The maximum absolute atomic E-state index is 12.2. The Labute approximate surface area is 125 Å². The molecule has 106 valence electrons. The number of halogens is 5. The Balaban J connectivity index is 3.17. The van der Waals surface area contributed by atoms with Gasteiger partial charge < -0.3 is 9.47 Å². The minimum Gasteiger partial charge on any atom is -0.461 e. The molecule has 0 aliphatic carbocycles. The molecule has 1 rings (SSSR count). The maximum Gasteiger partial charge on any atom is 0.573 e. The van der Waals surface area contributed by atoms with E-state index in [9.17, 15) is 18.0 Å². The van der Waals surface area contributed by atoms with Crippen LogP contribution in [-0.2, 0) is 10.6 Å². The number of nitrogens with zero attached hydrogens (tertiary/aromatic N) is 1. The first kappa shape index (κ1) is 16.3. The fourth-order valence-corrected chi connectivity index (χ4v) is 1.98. The molecule has 1 aromatic heterocycles. The lowest BCUT2D eigenvalue weighted by Crippen LogP contribution is -2.19. The van der Waals surface area contributed by atoms with E-state index >= 15 is 0 Å². The summed E-state index contributed by atoms with van der Waals surface area (Å²) in [7, 11) is 0. The van der Waals surface area contributed by atoms with Crippen molar-refractivity contribution in [2.45, 2.75) is 19.2 Å². The average molecular weight is 410 g/mol. The van der Waals surface area contributed by atoms with Gasteiger partial charge in [-0.3, -0.25) is 0 Å². The van der Waals surface area contributed by atoms with Gasteiger partial charge in [0.2, 0.25) is 0 Å². The molecule has 0 atom stereocenters. The molecular weight excluding hydrogens is 401 g/mol. The van der Waals surface area contributed by atoms with Crippen LogP contribution < -0.4 is 4.74 Å². The Bertz CT molecular complexity index is 482. The second kappa shape index (κ2) is 6.60. The van der Waals surface area contributed by atoms with Crippen molar-refractivity contribution in [1.82, 2.24) is 4.98 Å². The molecule has 0 saturated heterocycles. The number of carbonyl (C=O) groups is 1. The van der Waals surface area contributed by atoms with Crippen molar-refractivity contribution in [3.8, 4) is 5.75 Å². The van der Waals surface area contributed by atoms with Crippen LogP contribution in [0.25, 0.3) is 0 Å². The molecule has 9 heteroatoms. The van der Waals surface area contributed by atoms with Gasteiger partial charge in [-0.1, -0.05) is 0 Å². The maximum atomic E-state index is 12.2. The second-order valence-corrected chi connectivity index (χ2v) is 4.59. The van der Waals surface area contributed by atoms with Gasteiger partial charge in [0, 0.05) is 3.57 Å². The smallest absolute Gasteiger partial charge is 0.461 e. The lowest BCUT2D eigenvalue weighted by molar-refractivity contribution is -0.275. The number of hydrogen-bond donors (Lipinski definition) is 0. The van der Waals surface area contributed by atoms with Crippen molar-refractivity contribution in [2.75, 3.05) is 6.61 Å². The van der Waals surface area contributed by atoms with Crippen molar-refractivity contribution < 1.29 is 27.4 Å². The van der Waals surface area contributed by atoms with Gasteiger partial charge >= 0.3 is 12.3 Å². The quantitative estimate of drug-likeness (QED) is 0.434. The van der Waals surface area contributed by atoms with Gasteiger partial charge in [0.25, 0.3) is 0 Å². The highest BCUT2D eigenvalue weighted by molar-refractivity contribution is 14.1. The van der Waals surface area contributed by atoms with Crippen molar-refractivity contribution in [3.63, 3.8) is 0 Å². The third-order valence-electron chi connectivity index (χ3n) is 1.84. The average Bonchev–Trinajstić information content (AvgIpc) is 2.27. The van der Waals surface area contributed by atoms with Crippen LogP contribution in [0.5, 0.6) is 5.75 Å². The zero-order valence-electron chi connectivity index (χ0n) is 9.55. The van der Waals surface area contributed by atoms with E-state index < -0.39 is 18.1 Å². The lowest BCUT2D eigenvalue weighted by Gasteiger charge is -2.13. The highest BCUT2D eigenvalue weighted by atomic mass is 127. The molecule has 0 radical (unpaired) electrons. The summed E-state index contributed by atoms with van der Waals surface area (Å²) >= 11 is 7.17. The Kier molecular flexibility index (Phi) is 5.65. The second-order valence-electron chi connectivity index (χ2n) is 3.17. The third kappa shape index (κ3) is 4.68. The summed E-state index contributed by atoms with van der Waals surface area (Å²) in [6.07, 6.45) is -4.85. The molecule has 0 aliphatic rings. The number of carbonyl (C=O) groups excluding carboxylic acids is 1. The molecule has 0 fully saturated rings. The molecule has 0 N–H and O–H groups in total. The lowest BCUT2D eigenvalue weighted by atomic mass is 10.3. The predicted octanol–water partition coefficient (Wildman–Crippen LogP) is 3.50. The van der Waals surface area contributed by atoms with Crippen molar-refractivity contribution in [3.05, 3.63) is 21.0 Å². The Morgan fingerprint density at radius 2 is 2.16 bits per heavy atom. The van der Waals surface area contributed by atoms with Crippen LogP contribution >= 0.6 is 34.2 Å². The van der Waals surface area contributed by atoms with E-state index in [1.165, 1.54) is 0 Å². The van der Waals surface area contributed by atoms with Crippen LogP contribution in [0, 0.1) is 3.57 Å². The Hall–Kier alpha value is -0.770. The van der Waals surface area contributed by atoms with Gasteiger partial charge in [0.15, 0.2) is 11.4 Å². The number of esters is 1. The molecule has 0 aromatic carbocycles. The monoisotopic (exact) mass is 409 g/mol. The van der Waals surface area contributed by atoms with E-state index in [2.05, 4.69) is 9.72 Å². The number of rotatable bonds is 4. The van der Waals surface area contributed by atoms with Crippen LogP contribution in [0.2, 0.25) is 0 Å². The zero-order chi connectivity index (χ0) is 14.6. The highest BCUT2D eigenvalue weighted by Gasteiger charge is 2.33. The molecule has 0 amide bonds. The minimum atomic E-state index is -4.85. The highest BCUT2D eigenvalue weighted by Crippen LogP contribution is 2.29. The topological polar surface area (TPSA) is 48.4 Å². The normalized spacial score (nSPS) is 11.3. The summed E-state index contributed by atoms with van der Waals surface area (Å²) in [5, 5.41) is 0. The fraction of sp³-hybridized carbons (Fsp3) is 0.400. The van der Waals surface area contributed by atoms with Gasteiger partial charge in [-0.15, -0.1) is 24.8 Å². The number of aromatic nitrogens is 1. The Morgan fingerprint density at radius 3 is 2.63 bits per heavy atom. The van der Waals surface area contributed by atoms with E-state index in [0.29, 0.717) is 0 Å². The predicted molar refractivity (Wildman–Crippen MR) is 69.2 cm³/mol. The molecule has 0 spiro atoms. The fourth-order valence-electron chi connectivity index (χ4n) is 1.16. The summed E-state index contributed by atoms with van der Waals surface area (Å²) in [6, 6.07) is 1.05. The molecule has 19 heavy (non-hydrogen) atoms. The van der Waals surface area contributed by atoms with Crippen LogP contribution in [0.3, 0.4) is 0 Å². The number of hydrogen-bond acceptors (Lipinski definition) is 4. The van der Waals surface area contributed by atoms with Crippen molar-refractivity contribution >= 4 is 40.2 Å². The van der Waals surface area contributed by atoms with E-state index in [4.69, 9.17) is 16.3 Å². The van der Waals surface area contributed by atoms with E-state index in [1.54, 1.807) is 29.5 Å². The van der Waals surface area contributed by atoms with Gasteiger partial charge in [-0.25, -0.2) is 9.78 Å². The first-order chi connectivity index (χ1) is 8.78. The molecule has 0 saturated carbocycles. The molecule has 1 heterocycles. The van der Waals surface area contributed by atoms with Crippen LogP contribution in [-0.4, -0.2) is 23.9 Å². The van der Waals surface area contributed by atoms with Gasteiger partial charge in [0.1, 0.15) is 0 Å². The van der Waals surface area contributed by atoms with Gasteiger partial charge in [0.05, 0.1) is 18.2 Å². The largest absolute Gasteiger partial charge is 0.573 e. The number of pyridine rings is 1. The van der Waals surface area contributed by atoms with Gasteiger partial charge in [-0.2, -0.15) is 0 Å². The molecule has 0 bridgehead atoms. The first-order valence-corrected chi connectivity index (χ1v) is 6.58. The molecule has 1 aromatic rings. The molecule has 0 unspecified atom stereocenters. The summed E-state index contributed by atoms with van der Waals surface area (Å²) in [5.41, 5.74) is -0.268. The van der Waals surface area contributed by atoms with E-state index in [-0.39, 0.29) is 27.4 Å². The zero-order valence-corrected chi connectivity index (χ0v) is 12.5. The first-order valence-electron chi connectivity index (χ1n) is 4.96. The summed E-state index contributed by atoms with van der Waals surface area (Å²) in [4.78, 5) is 15.3. The van der Waals surface area contributed by atoms with Crippen molar-refractivity contribution in [1.29, 1.82) is 0 Å². The summed E-state index contributed by atoms with van der Waals surface area (Å²) in [6.45, 7) is 1.74. The van der Waals surface area contributed by atoms with Crippen LogP contribution in [0.4, 0.5) is 13.2 Å². The summed E-state index contributed by atoms with van der Waals surface area (Å²) in [5.74, 6) is -1.58. The summed E-state index contributed by atoms with van der Waals surface area (Å²) < 4.78 is 45.3. The standard InChI is InChI=1S/C10H8ClF3INO3/c1-2-18-9(17)8-5(15)3-7(6(4-11)16-8)19-10(12,13)14/h3H,2,4H2,1H3. The minimum absolute atomic E-state index is 0.0902. The molecule has 0 aliphatic heterocycles. The van der Waals surface area contributed by atoms with E-state index in [1.807, 2.05) is 0 Å².